The molecule has 41 heavy (non-hydrogen) atoms. The number of ether oxygens (including phenoxy) is 1. The number of likely N-dealkylation sites (N-methyl/N-ethyl adjacent to an activating group) is 1. The van der Waals surface area contributed by atoms with E-state index >= 15 is 0 Å². The number of hydrogen-bond donors (Lipinski definition) is 3. The average molecular weight is 565 g/mol. The number of amides is 1. The predicted molar refractivity (Wildman–Crippen MR) is 160 cm³/mol. The van der Waals surface area contributed by atoms with Crippen LogP contribution in [0, 0.1) is 0 Å². The summed E-state index contributed by atoms with van der Waals surface area (Å²) in [6.07, 6.45) is 3.25. The number of nitrogens with zero attached hydrogens (tertiary/aromatic N) is 5. The van der Waals surface area contributed by atoms with Crippen LogP contribution >= 0.6 is 0 Å². The second-order valence-corrected chi connectivity index (χ2v) is 11.0. The molecule has 0 radical (unpaired) electrons. The standard InChI is InChI=1S/C31H44N6O4/c1-5-35(17-18-41-4)16-8-13-32-31(40)30-34-33-29(26-19-25(22(2)3)27(38)20-28(26)39)37(30)24-11-9-23(10-12-24)21-36-14-6-7-15-36/h9-12,19-20,22,38-39H,5-8,13-18,21H2,1-4H3,(H,32,40). The number of likely N-dealkylation sites (tertiary alicyclic amines) is 1. The second-order valence-electron chi connectivity index (χ2n) is 11.0. The zero-order valence-electron chi connectivity index (χ0n) is 24.8. The van der Waals surface area contributed by atoms with Crippen LogP contribution in [0.25, 0.3) is 17.1 Å². The summed E-state index contributed by atoms with van der Waals surface area (Å²) in [5.74, 6) is 0.0327. The summed E-state index contributed by atoms with van der Waals surface area (Å²) in [5.41, 5.74) is 2.99. The molecule has 3 N–H and O–H groups in total. The van der Waals surface area contributed by atoms with Crippen molar-refractivity contribution >= 4 is 5.91 Å². The summed E-state index contributed by atoms with van der Waals surface area (Å²) >= 11 is 0. The molecule has 4 rings (SSSR count). The SMILES string of the molecule is CCN(CCCNC(=O)c1nnc(-c2cc(C(C)C)c(O)cc2O)n1-c1ccc(CN2CCCC2)cc1)CCOC. The van der Waals surface area contributed by atoms with Crippen LogP contribution in [0.3, 0.4) is 0 Å². The van der Waals surface area contributed by atoms with Gasteiger partial charge in [0, 0.05) is 38.5 Å². The molecule has 1 amide bonds. The molecular weight excluding hydrogens is 520 g/mol. The van der Waals surface area contributed by atoms with Gasteiger partial charge in [-0.1, -0.05) is 32.9 Å². The fourth-order valence-electron chi connectivity index (χ4n) is 5.27. The van der Waals surface area contributed by atoms with Gasteiger partial charge in [0.15, 0.2) is 5.82 Å². The highest BCUT2D eigenvalue weighted by Crippen LogP contribution is 2.38. The number of methoxy groups -OCH3 is 1. The highest BCUT2D eigenvalue weighted by Gasteiger charge is 2.24. The molecule has 1 aliphatic rings. The Morgan fingerprint density at radius 1 is 1.07 bits per heavy atom. The van der Waals surface area contributed by atoms with Gasteiger partial charge in [0.2, 0.25) is 5.82 Å². The molecule has 0 unspecified atom stereocenters. The maximum absolute atomic E-state index is 13.4. The molecule has 2 aromatic carbocycles. The molecule has 10 nitrogen and oxygen atoms in total. The van der Waals surface area contributed by atoms with E-state index in [9.17, 15) is 15.0 Å². The molecule has 0 saturated carbocycles. The number of aromatic hydroxyl groups is 2. The van der Waals surface area contributed by atoms with Crippen LogP contribution in [-0.2, 0) is 11.3 Å². The van der Waals surface area contributed by atoms with Crippen LogP contribution in [0.5, 0.6) is 11.5 Å². The van der Waals surface area contributed by atoms with Gasteiger partial charge < -0.3 is 25.2 Å². The summed E-state index contributed by atoms with van der Waals surface area (Å²) in [4.78, 5) is 18.1. The van der Waals surface area contributed by atoms with Crippen molar-refractivity contribution in [2.45, 2.75) is 52.5 Å². The van der Waals surface area contributed by atoms with Gasteiger partial charge in [-0.2, -0.15) is 0 Å². The summed E-state index contributed by atoms with van der Waals surface area (Å²) in [6, 6.07) is 11.1. The molecular formula is C31H44N6O4. The molecule has 2 heterocycles. The van der Waals surface area contributed by atoms with E-state index in [0.717, 1.165) is 51.4 Å². The normalized spacial score (nSPS) is 13.9. The maximum atomic E-state index is 13.4. The van der Waals surface area contributed by atoms with Crippen LogP contribution in [0.15, 0.2) is 36.4 Å². The third kappa shape index (κ3) is 7.63. The minimum Gasteiger partial charge on any atom is -0.508 e. The van der Waals surface area contributed by atoms with E-state index in [0.29, 0.717) is 30.1 Å². The number of nitrogens with one attached hydrogen (secondary N) is 1. The Labute approximate surface area is 243 Å². The fraction of sp³-hybridized carbons (Fsp3) is 0.516. The van der Waals surface area contributed by atoms with Crippen molar-refractivity contribution in [2.75, 3.05) is 53.0 Å². The van der Waals surface area contributed by atoms with Gasteiger partial charge in [0.05, 0.1) is 12.2 Å². The van der Waals surface area contributed by atoms with Crippen LogP contribution < -0.4 is 5.32 Å². The van der Waals surface area contributed by atoms with Gasteiger partial charge in [0.25, 0.3) is 5.91 Å². The first-order valence-electron chi connectivity index (χ1n) is 14.6. The second kappa shape index (κ2) is 14.4. The molecule has 222 valence electrons. The van der Waals surface area contributed by atoms with E-state index in [2.05, 4.69) is 44.4 Å². The maximum Gasteiger partial charge on any atom is 0.289 e. The Morgan fingerprint density at radius 2 is 1.80 bits per heavy atom. The van der Waals surface area contributed by atoms with Gasteiger partial charge in [-0.05, 0) is 80.7 Å². The molecule has 1 aromatic heterocycles. The smallest absolute Gasteiger partial charge is 0.289 e. The van der Waals surface area contributed by atoms with Crippen molar-refractivity contribution in [2.24, 2.45) is 0 Å². The van der Waals surface area contributed by atoms with E-state index in [4.69, 9.17) is 4.74 Å². The third-order valence-electron chi connectivity index (χ3n) is 7.67. The lowest BCUT2D eigenvalue weighted by Gasteiger charge is -2.19. The van der Waals surface area contributed by atoms with Gasteiger partial charge in [-0.3, -0.25) is 14.3 Å². The van der Waals surface area contributed by atoms with Crippen LogP contribution in [0.4, 0.5) is 0 Å². The van der Waals surface area contributed by atoms with E-state index in [-0.39, 0.29) is 29.1 Å². The Morgan fingerprint density at radius 3 is 2.46 bits per heavy atom. The molecule has 0 bridgehead atoms. The number of carbonyl (C=O) groups excluding carboxylic acids is 1. The van der Waals surface area contributed by atoms with Crippen molar-refractivity contribution in [3.8, 4) is 28.6 Å². The first-order valence-corrected chi connectivity index (χ1v) is 14.6. The molecule has 0 aliphatic carbocycles. The number of carbonyl (C=O) groups is 1. The molecule has 1 aliphatic heterocycles. The highest BCUT2D eigenvalue weighted by molar-refractivity contribution is 5.92. The Hall–Kier alpha value is -3.47. The van der Waals surface area contributed by atoms with E-state index in [1.807, 2.05) is 26.0 Å². The number of rotatable bonds is 14. The van der Waals surface area contributed by atoms with Crippen molar-refractivity contribution < 1.29 is 19.7 Å². The lowest BCUT2D eigenvalue weighted by molar-refractivity contribution is 0.0938. The lowest BCUT2D eigenvalue weighted by Crippen LogP contribution is -2.32. The van der Waals surface area contributed by atoms with Crippen LogP contribution in [0.2, 0.25) is 0 Å². The number of aromatic nitrogens is 3. The predicted octanol–water partition coefficient (Wildman–Crippen LogP) is 4.15. The van der Waals surface area contributed by atoms with Crippen molar-refractivity contribution in [3.05, 3.63) is 53.3 Å². The summed E-state index contributed by atoms with van der Waals surface area (Å²) in [5, 5.41) is 32.9. The Balaban J connectivity index is 1.61. The first-order chi connectivity index (χ1) is 19.8. The largest absolute Gasteiger partial charge is 0.508 e. The molecule has 0 spiro atoms. The quantitative estimate of drug-likeness (QED) is 0.250. The zero-order chi connectivity index (χ0) is 29.4. The van der Waals surface area contributed by atoms with E-state index in [1.54, 1.807) is 17.7 Å². The van der Waals surface area contributed by atoms with Crippen molar-refractivity contribution in [3.63, 3.8) is 0 Å². The van der Waals surface area contributed by atoms with Crippen LogP contribution in [0.1, 0.15) is 67.7 Å². The van der Waals surface area contributed by atoms with Crippen LogP contribution in [-0.4, -0.2) is 93.7 Å². The van der Waals surface area contributed by atoms with Gasteiger partial charge >= 0.3 is 0 Å². The Bertz CT molecular complexity index is 1280. The first kappa shape index (κ1) is 30.5. The Kier molecular flexibility index (Phi) is 10.7. The van der Waals surface area contributed by atoms with Crippen molar-refractivity contribution in [1.82, 2.24) is 29.9 Å². The number of phenolic OH excluding ortho intramolecular Hbond substituents is 2. The summed E-state index contributed by atoms with van der Waals surface area (Å²) in [6.45, 7) is 12.9. The lowest BCUT2D eigenvalue weighted by atomic mass is 9.98. The molecule has 3 aromatic rings. The highest BCUT2D eigenvalue weighted by atomic mass is 16.5. The van der Waals surface area contributed by atoms with Gasteiger partial charge in [-0.25, -0.2) is 0 Å². The topological polar surface area (TPSA) is 116 Å². The third-order valence-corrected chi connectivity index (χ3v) is 7.67. The molecule has 1 saturated heterocycles. The summed E-state index contributed by atoms with van der Waals surface area (Å²) < 4.78 is 6.87. The molecule has 10 heteroatoms. The zero-order valence-corrected chi connectivity index (χ0v) is 24.8. The van der Waals surface area contributed by atoms with Gasteiger partial charge in [-0.15, -0.1) is 10.2 Å². The van der Waals surface area contributed by atoms with E-state index < -0.39 is 0 Å². The summed E-state index contributed by atoms with van der Waals surface area (Å²) in [7, 11) is 1.70. The molecule has 1 fully saturated rings. The van der Waals surface area contributed by atoms with Gasteiger partial charge in [0.1, 0.15) is 11.5 Å². The number of hydrogen-bond acceptors (Lipinski definition) is 8. The number of phenols is 2. The minimum atomic E-state index is -0.341. The number of benzene rings is 2. The molecule has 0 atom stereocenters. The van der Waals surface area contributed by atoms with E-state index in [1.165, 1.54) is 24.5 Å². The average Bonchev–Trinajstić information content (AvgIpc) is 3.63. The minimum absolute atomic E-state index is 0.0168. The fourth-order valence-corrected chi connectivity index (χ4v) is 5.27. The monoisotopic (exact) mass is 564 g/mol. The van der Waals surface area contributed by atoms with Crippen molar-refractivity contribution in [1.29, 1.82) is 0 Å².